The molecule has 0 saturated carbocycles. The van der Waals surface area contributed by atoms with Crippen LogP contribution >= 0.6 is 0 Å². The summed E-state index contributed by atoms with van der Waals surface area (Å²) in [6, 6.07) is 0.198. The van der Waals surface area contributed by atoms with Crippen molar-refractivity contribution in [2.45, 2.75) is 40.2 Å². The number of amides is 1. The fraction of sp³-hybridized carbons (Fsp3) is 0.909. The van der Waals surface area contributed by atoms with Crippen molar-refractivity contribution in [1.82, 2.24) is 5.32 Å². The first kappa shape index (κ1) is 14.4. The third-order valence-corrected chi connectivity index (χ3v) is 2.62. The van der Waals surface area contributed by atoms with E-state index in [9.17, 15) is 4.79 Å². The van der Waals surface area contributed by atoms with Crippen LogP contribution in [0.1, 0.15) is 34.1 Å². The maximum absolute atomic E-state index is 10.9. The Bertz CT molecular complexity index is 199. The predicted octanol–water partition coefficient (Wildman–Crippen LogP) is 0.494. The Balaban J connectivity index is 4.13. The van der Waals surface area contributed by atoms with Crippen molar-refractivity contribution in [1.29, 1.82) is 0 Å². The number of nitrogens with two attached hydrogens (primary N) is 1. The Hall–Kier alpha value is -0.610. The second kappa shape index (κ2) is 6.08. The summed E-state index contributed by atoms with van der Waals surface area (Å²) in [6.07, 6.45) is 0.689. The molecule has 0 rings (SSSR count). The molecule has 4 heteroatoms. The molecule has 0 aromatic carbocycles. The summed E-state index contributed by atoms with van der Waals surface area (Å²) >= 11 is 0. The van der Waals surface area contributed by atoms with E-state index in [4.69, 9.17) is 10.8 Å². The van der Waals surface area contributed by atoms with Gasteiger partial charge in [-0.15, -0.1) is 0 Å². The van der Waals surface area contributed by atoms with Gasteiger partial charge in [0.15, 0.2) is 0 Å². The SMILES string of the molecule is CC(CNC(CCO)C(C)(C)C)C(N)=O. The van der Waals surface area contributed by atoms with Gasteiger partial charge in [-0.05, 0) is 11.8 Å². The van der Waals surface area contributed by atoms with E-state index in [0.29, 0.717) is 13.0 Å². The molecule has 0 aliphatic carbocycles. The lowest BCUT2D eigenvalue weighted by atomic mass is 9.84. The maximum Gasteiger partial charge on any atom is 0.221 e. The molecule has 90 valence electrons. The number of aliphatic hydroxyl groups excluding tert-OH is 1. The number of primary amides is 1. The second-order valence-electron chi connectivity index (χ2n) is 5.14. The summed E-state index contributed by atoms with van der Waals surface area (Å²) in [7, 11) is 0. The largest absolute Gasteiger partial charge is 0.396 e. The predicted molar refractivity (Wildman–Crippen MR) is 61.3 cm³/mol. The molecule has 2 unspecified atom stereocenters. The van der Waals surface area contributed by atoms with Gasteiger partial charge in [-0.1, -0.05) is 27.7 Å². The Morgan fingerprint density at radius 1 is 1.47 bits per heavy atom. The first-order valence-electron chi connectivity index (χ1n) is 5.42. The molecule has 0 bridgehead atoms. The van der Waals surface area contributed by atoms with E-state index >= 15 is 0 Å². The van der Waals surface area contributed by atoms with E-state index in [-0.39, 0.29) is 29.9 Å². The van der Waals surface area contributed by atoms with Crippen LogP contribution in [0.2, 0.25) is 0 Å². The molecule has 0 saturated heterocycles. The highest BCUT2D eigenvalue weighted by molar-refractivity contribution is 5.76. The van der Waals surface area contributed by atoms with Crippen LogP contribution in [0.4, 0.5) is 0 Å². The first-order valence-corrected chi connectivity index (χ1v) is 5.42. The van der Waals surface area contributed by atoms with Gasteiger partial charge in [0.05, 0.1) is 0 Å². The molecule has 0 aliphatic rings. The van der Waals surface area contributed by atoms with Crippen LogP contribution in [-0.4, -0.2) is 30.2 Å². The number of hydrogen-bond donors (Lipinski definition) is 3. The average Bonchev–Trinajstić information content (AvgIpc) is 2.09. The van der Waals surface area contributed by atoms with Crippen molar-refractivity contribution < 1.29 is 9.90 Å². The molecule has 1 amide bonds. The number of carbonyl (C=O) groups is 1. The smallest absolute Gasteiger partial charge is 0.221 e. The van der Waals surface area contributed by atoms with Crippen molar-refractivity contribution >= 4 is 5.91 Å². The Labute approximate surface area is 92.2 Å². The Morgan fingerprint density at radius 2 is 2.00 bits per heavy atom. The van der Waals surface area contributed by atoms with Crippen LogP contribution in [-0.2, 0) is 4.79 Å². The normalized spacial score (nSPS) is 16.1. The molecule has 0 radical (unpaired) electrons. The summed E-state index contributed by atoms with van der Waals surface area (Å²) in [5, 5.41) is 12.2. The van der Waals surface area contributed by atoms with Crippen molar-refractivity contribution in [3.05, 3.63) is 0 Å². The maximum atomic E-state index is 10.9. The highest BCUT2D eigenvalue weighted by Gasteiger charge is 2.24. The van der Waals surface area contributed by atoms with Gasteiger partial charge in [0.1, 0.15) is 0 Å². The van der Waals surface area contributed by atoms with E-state index in [0.717, 1.165) is 0 Å². The van der Waals surface area contributed by atoms with E-state index in [1.165, 1.54) is 0 Å². The van der Waals surface area contributed by atoms with Crippen molar-refractivity contribution in [3.8, 4) is 0 Å². The number of hydrogen-bond acceptors (Lipinski definition) is 3. The third-order valence-electron chi connectivity index (χ3n) is 2.62. The highest BCUT2D eigenvalue weighted by Crippen LogP contribution is 2.21. The number of nitrogens with one attached hydrogen (secondary N) is 1. The number of carbonyl (C=O) groups excluding carboxylic acids is 1. The molecule has 0 spiro atoms. The van der Waals surface area contributed by atoms with Gasteiger partial charge >= 0.3 is 0 Å². The van der Waals surface area contributed by atoms with Crippen LogP contribution in [0, 0.1) is 11.3 Å². The van der Waals surface area contributed by atoms with Crippen LogP contribution in [0.25, 0.3) is 0 Å². The van der Waals surface area contributed by atoms with Crippen molar-refractivity contribution in [3.63, 3.8) is 0 Å². The van der Waals surface area contributed by atoms with Gasteiger partial charge in [0.25, 0.3) is 0 Å². The van der Waals surface area contributed by atoms with E-state index in [1.54, 1.807) is 6.92 Å². The lowest BCUT2D eigenvalue weighted by molar-refractivity contribution is -0.121. The van der Waals surface area contributed by atoms with E-state index < -0.39 is 0 Å². The summed E-state index contributed by atoms with van der Waals surface area (Å²) in [5.74, 6) is -0.465. The monoisotopic (exact) mass is 216 g/mol. The molecular weight excluding hydrogens is 192 g/mol. The molecule has 4 nitrogen and oxygen atoms in total. The summed E-state index contributed by atoms with van der Waals surface area (Å²) in [6.45, 7) is 8.84. The van der Waals surface area contributed by atoms with Gasteiger partial charge in [0.2, 0.25) is 5.91 Å². The fourth-order valence-corrected chi connectivity index (χ4v) is 1.39. The molecule has 0 aromatic heterocycles. The minimum atomic E-state index is -0.292. The van der Waals surface area contributed by atoms with Crippen molar-refractivity contribution in [2.24, 2.45) is 17.1 Å². The van der Waals surface area contributed by atoms with Gasteiger partial charge in [0, 0.05) is 25.1 Å². The van der Waals surface area contributed by atoms with Crippen LogP contribution in [0.5, 0.6) is 0 Å². The quantitative estimate of drug-likeness (QED) is 0.605. The third kappa shape index (κ3) is 5.74. The molecule has 0 fully saturated rings. The van der Waals surface area contributed by atoms with E-state index in [2.05, 4.69) is 26.1 Å². The molecule has 0 aromatic rings. The standard InChI is InChI=1S/C11H24N2O2/c1-8(10(12)15)7-13-9(5-6-14)11(2,3)4/h8-9,13-14H,5-7H2,1-4H3,(H2,12,15). The molecule has 2 atom stereocenters. The van der Waals surface area contributed by atoms with Gasteiger partial charge in [-0.25, -0.2) is 0 Å². The fourth-order valence-electron chi connectivity index (χ4n) is 1.39. The van der Waals surface area contributed by atoms with Crippen molar-refractivity contribution in [2.75, 3.05) is 13.2 Å². The zero-order valence-corrected chi connectivity index (χ0v) is 10.2. The van der Waals surface area contributed by atoms with Gasteiger partial charge in [-0.3, -0.25) is 4.79 Å². The summed E-state index contributed by atoms with van der Waals surface area (Å²) in [4.78, 5) is 10.9. The first-order chi connectivity index (χ1) is 6.79. The Kier molecular flexibility index (Phi) is 5.83. The average molecular weight is 216 g/mol. The summed E-state index contributed by atoms with van der Waals surface area (Å²) < 4.78 is 0. The minimum absolute atomic E-state index is 0.0695. The Morgan fingerprint density at radius 3 is 2.33 bits per heavy atom. The molecule has 4 N–H and O–H groups in total. The van der Waals surface area contributed by atoms with Gasteiger partial charge in [-0.2, -0.15) is 0 Å². The lowest BCUT2D eigenvalue weighted by Crippen LogP contribution is -2.44. The molecule has 0 heterocycles. The molecule has 0 aliphatic heterocycles. The zero-order valence-electron chi connectivity index (χ0n) is 10.2. The second-order valence-corrected chi connectivity index (χ2v) is 5.14. The zero-order chi connectivity index (χ0) is 12.1. The highest BCUT2D eigenvalue weighted by atomic mass is 16.3. The van der Waals surface area contributed by atoms with E-state index in [1.807, 2.05) is 0 Å². The van der Waals surface area contributed by atoms with Crippen LogP contribution < -0.4 is 11.1 Å². The number of aliphatic hydroxyl groups is 1. The van der Waals surface area contributed by atoms with Crippen LogP contribution in [0.3, 0.4) is 0 Å². The lowest BCUT2D eigenvalue weighted by Gasteiger charge is -2.32. The number of rotatable bonds is 6. The van der Waals surface area contributed by atoms with Gasteiger partial charge < -0.3 is 16.2 Å². The molecular formula is C11H24N2O2. The topological polar surface area (TPSA) is 75.3 Å². The summed E-state index contributed by atoms with van der Waals surface area (Å²) in [5.41, 5.74) is 5.25. The van der Waals surface area contributed by atoms with Crippen LogP contribution in [0.15, 0.2) is 0 Å². The minimum Gasteiger partial charge on any atom is -0.396 e. The molecule has 15 heavy (non-hydrogen) atoms.